The van der Waals surface area contributed by atoms with Gasteiger partial charge in [0, 0.05) is 5.56 Å². The number of hydrogen-bond donors (Lipinski definition) is 2. The standard InChI is InChI=1S/C20H23NO2/c21-19-18(22)16-13-15(14-7-3-1-4-8-14)9-10-17(16)23-20(19)11-5-2-6-12-20/h1,3-4,7-10,13,18-19,22H,2,5-6,11-12,21H2. The van der Waals surface area contributed by atoms with Crippen LogP contribution in [0.3, 0.4) is 0 Å². The highest BCUT2D eigenvalue weighted by Crippen LogP contribution is 2.46. The van der Waals surface area contributed by atoms with Crippen molar-refractivity contribution in [3.05, 3.63) is 54.1 Å². The van der Waals surface area contributed by atoms with E-state index in [4.69, 9.17) is 10.5 Å². The van der Waals surface area contributed by atoms with E-state index in [-0.39, 0.29) is 11.6 Å². The summed E-state index contributed by atoms with van der Waals surface area (Å²) in [5.74, 6) is 0.792. The van der Waals surface area contributed by atoms with Gasteiger partial charge in [-0.05, 0) is 48.9 Å². The predicted octanol–water partition coefficient (Wildman–Crippen LogP) is 3.81. The van der Waals surface area contributed by atoms with E-state index in [9.17, 15) is 5.11 Å². The van der Waals surface area contributed by atoms with E-state index >= 15 is 0 Å². The van der Waals surface area contributed by atoms with Crippen molar-refractivity contribution in [2.75, 3.05) is 0 Å². The summed E-state index contributed by atoms with van der Waals surface area (Å²) in [5.41, 5.74) is 9.06. The molecule has 1 aliphatic carbocycles. The number of rotatable bonds is 1. The number of aliphatic hydroxyl groups excluding tert-OH is 1. The minimum atomic E-state index is -0.666. The van der Waals surface area contributed by atoms with Crippen LogP contribution in [0.25, 0.3) is 11.1 Å². The second-order valence-electron chi connectivity index (χ2n) is 6.82. The van der Waals surface area contributed by atoms with E-state index in [1.54, 1.807) is 0 Å². The number of fused-ring (bicyclic) bond motifs is 1. The first-order valence-corrected chi connectivity index (χ1v) is 8.52. The number of benzene rings is 2. The molecule has 0 amide bonds. The van der Waals surface area contributed by atoms with Crippen LogP contribution in [-0.4, -0.2) is 16.7 Å². The van der Waals surface area contributed by atoms with Crippen LogP contribution in [-0.2, 0) is 0 Å². The molecule has 1 heterocycles. The largest absolute Gasteiger partial charge is 0.485 e. The molecule has 2 aliphatic rings. The summed E-state index contributed by atoms with van der Waals surface area (Å²) in [6.45, 7) is 0. The van der Waals surface area contributed by atoms with Gasteiger partial charge < -0.3 is 15.6 Å². The molecule has 1 fully saturated rings. The Hall–Kier alpha value is -1.84. The van der Waals surface area contributed by atoms with Crippen LogP contribution in [0.5, 0.6) is 5.75 Å². The average Bonchev–Trinajstić information content (AvgIpc) is 2.61. The predicted molar refractivity (Wildman–Crippen MR) is 91.3 cm³/mol. The molecule has 0 aromatic heterocycles. The van der Waals surface area contributed by atoms with Gasteiger partial charge in [-0.3, -0.25) is 0 Å². The second-order valence-corrected chi connectivity index (χ2v) is 6.82. The molecule has 4 rings (SSSR count). The van der Waals surface area contributed by atoms with E-state index in [2.05, 4.69) is 18.2 Å². The first-order chi connectivity index (χ1) is 11.2. The summed E-state index contributed by atoms with van der Waals surface area (Å²) in [5, 5.41) is 10.8. The highest BCUT2D eigenvalue weighted by atomic mass is 16.5. The van der Waals surface area contributed by atoms with E-state index in [0.717, 1.165) is 48.1 Å². The molecule has 3 heteroatoms. The van der Waals surface area contributed by atoms with Gasteiger partial charge in [0.05, 0.1) is 6.04 Å². The summed E-state index contributed by atoms with van der Waals surface area (Å²) >= 11 is 0. The van der Waals surface area contributed by atoms with Gasteiger partial charge in [-0.15, -0.1) is 0 Å². The molecule has 0 bridgehead atoms. The Morgan fingerprint density at radius 3 is 2.43 bits per heavy atom. The number of nitrogens with two attached hydrogens (primary N) is 1. The molecule has 1 aliphatic heterocycles. The lowest BCUT2D eigenvalue weighted by Crippen LogP contribution is -2.58. The Kier molecular flexibility index (Phi) is 3.63. The van der Waals surface area contributed by atoms with Crippen LogP contribution in [0.15, 0.2) is 48.5 Å². The number of ether oxygens (including phenoxy) is 1. The molecule has 2 aromatic rings. The van der Waals surface area contributed by atoms with Gasteiger partial charge in [-0.2, -0.15) is 0 Å². The molecule has 120 valence electrons. The van der Waals surface area contributed by atoms with Crippen molar-refractivity contribution in [3.63, 3.8) is 0 Å². The SMILES string of the molecule is NC1C(O)c2cc(-c3ccccc3)ccc2OC12CCCCC2. The summed E-state index contributed by atoms with van der Waals surface area (Å²) in [4.78, 5) is 0. The Bertz CT molecular complexity index is 692. The Morgan fingerprint density at radius 1 is 0.957 bits per heavy atom. The average molecular weight is 309 g/mol. The molecule has 2 unspecified atom stereocenters. The van der Waals surface area contributed by atoms with Crippen molar-refractivity contribution in [1.82, 2.24) is 0 Å². The van der Waals surface area contributed by atoms with E-state index in [0.29, 0.717) is 0 Å². The van der Waals surface area contributed by atoms with Gasteiger partial charge in [-0.1, -0.05) is 42.8 Å². The monoisotopic (exact) mass is 309 g/mol. The van der Waals surface area contributed by atoms with Crippen LogP contribution in [0.4, 0.5) is 0 Å². The molecule has 0 radical (unpaired) electrons. The molecule has 1 spiro atoms. The van der Waals surface area contributed by atoms with Crippen molar-refractivity contribution >= 4 is 0 Å². The topological polar surface area (TPSA) is 55.5 Å². The van der Waals surface area contributed by atoms with E-state index < -0.39 is 6.10 Å². The number of aliphatic hydroxyl groups is 1. The first-order valence-electron chi connectivity index (χ1n) is 8.52. The highest BCUT2D eigenvalue weighted by molar-refractivity contribution is 5.66. The number of hydrogen-bond acceptors (Lipinski definition) is 3. The Balaban J connectivity index is 1.73. The van der Waals surface area contributed by atoms with Gasteiger partial charge >= 0.3 is 0 Å². The fourth-order valence-electron chi connectivity index (χ4n) is 4.04. The minimum Gasteiger partial charge on any atom is -0.485 e. The summed E-state index contributed by atoms with van der Waals surface area (Å²) in [6.07, 6.45) is 4.68. The molecule has 0 saturated heterocycles. The zero-order valence-electron chi connectivity index (χ0n) is 13.2. The fourth-order valence-corrected chi connectivity index (χ4v) is 4.04. The summed E-state index contributed by atoms with van der Waals surface area (Å²) in [7, 11) is 0. The van der Waals surface area contributed by atoms with Crippen LogP contribution in [0, 0.1) is 0 Å². The lowest BCUT2D eigenvalue weighted by atomic mass is 9.74. The maximum absolute atomic E-state index is 10.8. The second kappa shape index (κ2) is 5.66. The molecule has 2 atom stereocenters. The van der Waals surface area contributed by atoms with Gasteiger partial charge in [0.25, 0.3) is 0 Å². The van der Waals surface area contributed by atoms with Crippen molar-refractivity contribution in [2.45, 2.75) is 49.9 Å². The summed E-state index contributed by atoms with van der Waals surface area (Å²) < 4.78 is 6.35. The minimum absolute atomic E-state index is 0.360. The van der Waals surface area contributed by atoms with Gasteiger partial charge in [0.1, 0.15) is 17.5 Å². The van der Waals surface area contributed by atoms with Gasteiger partial charge in [0.15, 0.2) is 0 Å². The maximum atomic E-state index is 10.8. The molecule has 23 heavy (non-hydrogen) atoms. The maximum Gasteiger partial charge on any atom is 0.127 e. The third-order valence-corrected chi connectivity index (χ3v) is 5.40. The van der Waals surface area contributed by atoms with Crippen LogP contribution < -0.4 is 10.5 Å². The zero-order valence-corrected chi connectivity index (χ0v) is 13.2. The third kappa shape index (κ3) is 2.44. The Labute approximate surface area is 137 Å². The van der Waals surface area contributed by atoms with Crippen molar-refractivity contribution in [1.29, 1.82) is 0 Å². The summed E-state index contributed by atoms with van der Waals surface area (Å²) in [6, 6.07) is 15.9. The smallest absolute Gasteiger partial charge is 0.127 e. The Morgan fingerprint density at radius 2 is 1.70 bits per heavy atom. The molecule has 3 nitrogen and oxygen atoms in total. The lowest BCUT2D eigenvalue weighted by Gasteiger charge is -2.47. The van der Waals surface area contributed by atoms with Crippen LogP contribution >= 0.6 is 0 Å². The van der Waals surface area contributed by atoms with Crippen molar-refractivity contribution < 1.29 is 9.84 Å². The molecular weight excluding hydrogens is 286 g/mol. The van der Waals surface area contributed by atoms with Crippen molar-refractivity contribution in [3.8, 4) is 16.9 Å². The zero-order chi connectivity index (χ0) is 15.9. The van der Waals surface area contributed by atoms with Crippen LogP contribution in [0.1, 0.15) is 43.8 Å². The van der Waals surface area contributed by atoms with Gasteiger partial charge in [-0.25, -0.2) is 0 Å². The molecule has 2 aromatic carbocycles. The highest BCUT2D eigenvalue weighted by Gasteiger charge is 2.48. The fraction of sp³-hybridized carbons (Fsp3) is 0.400. The van der Waals surface area contributed by atoms with Gasteiger partial charge in [0.2, 0.25) is 0 Å². The molecule has 3 N–H and O–H groups in total. The van der Waals surface area contributed by atoms with Crippen LogP contribution in [0.2, 0.25) is 0 Å². The molecular formula is C20H23NO2. The quantitative estimate of drug-likeness (QED) is 0.842. The van der Waals surface area contributed by atoms with E-state index in [1.807, 2.05) is 30.3 Å². The normalized spacial score (nSPS) is 25.7. The third-order valence-electron chi connectivity index (χ3n) is 5.40. The van der Waals surface area contributed by atoms with Crippen molar-refractivity contribution in [2.24, 2.45) is 5.73 Å². The van der Waals surface area contributed by atoms with E-state index in [1.165, 1.54) is 6.42 Å². The first kappa shape index (κ1) is 14.7. The lowest BCUT2D eigenvalue weighted by molar-refractivity contribution is -0.0581. The molecule has 1 saturated carbocycles.